The molecule has 7 heteroatoms. The van der Waals surface area contributed by atoms with Gasteiger partial charge in [0, 0.05) is 0 Å². The summed E-state index contributed by atoms with van der Waals surface area (Å²) in [4.78, 5) is 16.7. The molecular weight excluding hydrogens is 266 g/mol. The number of carbonyl (C=O) groups is 1. The van der Waals surface area contributed by atoms with Crippen LogP contribution in [0.2, 0.25) is 0 Å². The highest BCUT2D eigenvalue weighted by Crippen LogP contribution is 2.23. The molecule has 2 heterocycles. The Bertz CT molecular complexity index is 524. The van der Waals surface area contributed by atoms with Crippen molar-refractivity contribution in [3.8, 4) is 10.8 Å². The van der Waals surface area contributed by atoms with E-state index in [4.69, 9.17) is 9.52 Å². The highest BCUT2D eigenvalue weighted by atomic mass is 32.1. The topological polar surface area (TPSA) is 87.4 Å². The van der Waals surface area contributed by atoms with Crippen LogP contribution in [-0.2, 0) is 6.54 Å². The number of amides is 2. The van der Waals surface area contributed by atoms with Gasteiger partial charge in [0.25, 0.3) is 0 Å². The molecule has 0 aliphatic rings. The minimum absolute atomic E-state index is 0.0973. The fraction of sp³-hybridized carbons (Fsp3) is 0.333. The summed E-state index contributed by atoms with van der Waals surface area (Å²) < 4.78 is 5.33. The molecular formula is C12H15N3O3S. The Hall–Kier alpha value is -1.86. The van der Waals surface area contributed by atoms with Crippen LogP contribution >= 0.6 is 11.3 Å². The van der Waals surface area contributed by atoms with E-state index in [2.05, 4.69) is 15.6 Å². The summed E-state index contributed by atoms with van der Waals surface area (Å²) in [7, 11) is 0. The minimum Gasteiger partial charge on any atom is -0.443 e. The molecule has 0 saturated heterocycles. The summed E-state index contributed by atoms with van der Waals surface area (Å²) in [6, 6.07) is 3.22. The fourth-order valence-corrected chi connectivity index (χ4v) is 2.05. The maximum Gasteiger partial charge on any atom is 0.315 e. The fourth-order valence-electron chi connectivity index (χ4n) is 1.39. The molecule has 19 heavy (non-hydrogen) atoms. The Morgan fingerprint density at radius 1 is 1.63 bits per heavy atom. The number of hydrogen-bond donors (Lipinski definition) is 3. The first kappa shape index (κ1) is 13.6. The number of aromatic nitrogens is 1. The van der Waals surface area contributed by atoms with Crippen molar-refractivity contribution in [2.75, 3.05) is 6.61 Å². The van der Waals surface area contributed by atoms with E-state index >= 15 is 0 Å². The number of oxazole rings is 1. The third-order valence-electron chi connectivity index (χ3n) is 2.37. The van der Waals surface area contributed by atoms with E-state index in [1.807, 2.05) is 17.5 Å². The zero-order chi connectivity index (χ0) is 13.7. The normalized spacial score (nSPS) is 12.1. The molecule has 3 N–H and O–H groups in total. The minimum atomic E-state index is -0.345. The Kier molecular flexibility index (Phi) is 4.53. The number of hydrogen-bond acceptors (Lipinski definition) is 5. The molecule has 2 aromatic heterocycles. The molecule has 1 atom stereocenters. The average molecular weight is 281 g/mol. The Labute approximate surface area is 114 Å². The van der Waals surface area contributed by atoms with E-state index in [0.717, 1.165) is 4.88 Å². The molecule has 1 unspecified atom stereocenters. The van der Waals surface area contributed by atoms with Gasteiger partial charge in [-0.2, -0.15) is 0 Å². The van der Waals surface area contributed by atoms with Gasteiger partial charge in [0.2, 0.25) is 5.89 Å². The molecule has 0 radical (unpaired) electrons. The third kappa shape index (κ3) is 3.80. The van der Waals surface area contributed by atoms with Gasteiger partial charge in [-0.05, 0) is 18.4 Å². The van der Waals surface area contributed by atoms with Crippen LogP contribution in [-0.4, -0.2) is 28.8 Å². The molecule has 6 nitrogen and oxygen atoms in total. The molecule has 2 rings (SSSR count). The third-order valence-corrected chi connectivity index (χ3v) is 3.22. The molecule has 0 aliphatic heterocycles. The predicted molar refractivity (Wildman–Crippen MR) is 71.7 cm³/mol. The molecule has 0 aliphatic carbocycles. The van der Waals surface area contributed by atoms with Crippen molar-refractivity contribution in [2.24, 2.45) is 0 Å². The van der Waals surface area contributed by atoms with E-state index < -0.39 is 0 Å². The second-order valence-electron chi connectivity index (χ2n) is 4.03. The van der Waals surface area contributed by atoms with Gasteiger partial charge in [0.15, 0.2) is 0 Å². The standard InChI is InChI=1S/C12H15N3O3S/c1-8(6-16)14-12(17)13-5-9-7-18-11(15-9)10-3-2-4-19-10/h2-4,7-8,16H,5-6H2,1H3,(H2,13,14,17). The number of aliphatic hydroxyl groups is 1. The molecule has 0 spiro atoms. The van der Waals surface area contributed by atoms with Crippen molar-refractivity contribution in [1.29, 1.82) is 0 Å². The first-order valence-electron chi connectivity index (χ1n) is 5.82. The first-order chi connectivity index (χ1) is 9.19. The van der Waals surface area contributed by atoms with Crippen LogP contribution < -0.4 is 10.6 Å². The van der Waals surface area contributed by atoms with E-state index in [-0.39, 0.29) is 25.2 Å². The molecule has 102 valence electrons. The summed E-state index contributed by atoms with van der Waals surface area (Å²) in [6.07, 6.45) is 1.52. The summed E-state index contributed by atoms with van der Waals surface area (Å²) in [5.41, 5.74) is 0.648. The number of rotatable bonds is 5. The highest BCUT2D eigenvalue weighted by molar-refractivity contribution is 7.13. The van der Waals surface area contributed by atoms with Gasteiger partial charge in [0.05, 0.1) is 29.8 Å². The van der Waals surface area contributed by atoms with Crippen molar-refractivity contribution in [2.45, 2.75) is 19.5 Å². The summed E-state index contributed by atoms with van der Waals surface area (Å²) in [5.74, 6) is 0.552. The zero-order valence-electron chi connectivity index (χ0n) is 10.4. The van der Waals surface area contributed by atoms with Crippen LogP contribution in [0, 0.1) is 0 Å². The van der Waals surface area contributed by atoms with Crippen molar-refractivity contribution >= 4 is 17.4 Å². The maximum atomic E-state index is 11.4. The quantitative estimate of drug-likeness (QED) is 0.776. The van der Waals surface area contributed by atoms with Crippen LogP contribution in [0.3, 0.4) is 0 Å². The molecule has 0 bridgehead atoms. The van der Waals surface area contributed by atoms with Crippen LogP contribution in [0.5, 0.6) is 0 Å². The van der Waals surface area contributed by atoms with Crippen LogP contribution in [0.15, 0.2) is 28.2 Å². The summed E-state index contributed by atoms with van der Waals surface area (Å²) in [6.45, 7) is 1.89. The monoisotopic (exact) mass is 281 g/mol. The number of urea groups is 1. The molecule has 2 aromatic rings. The molecule has 0 aromatic carbocycles. The second-order valence-corrected chi connectivity index (χ2v) is 4.98. The van der Waals surface area contributed by atoms with Gasteiger partial charge in [-0.3, -0.25) is 0 Å². The van der Waals surface area contributed by atoms with E-state index in [0.29, 0.717) is 11.6 Å². The molecule has 0 fully saturated rings. The maximum absolute atomic E-state index is 11.4. The lowest BCUT2D eigenvalue weighted by Gasteiger charge is -2.10. The van der Waals surface area contributed by atoms with Gasteiger partial charge in [-0.25, -0.2) is 9.78 Å². The lowest BCUT2D eigenvalue weighted by molar-refractivity contribution is 0.220. The number of nitrogens with zero attached hydrogens (tertiary/aromatic N) is 1. The van der Waals surface area contributed by atoms with Gasteiger partial charge in [-0.15, -0.1) is 11.3 Å². The summed E-state index contributed by atoms with van der Waals surface area (Å²) >= 11 is 1.54. The lowest BCUT2D eigenvalue weighted by Crippen LogP contribution is -2.41. The zero-order valence-corrected chi connectivity index (χ0v) is 11.2. The van der Waals surface area contributed by atoms with Gasteiger partial charge >= 0.3 is 6.03 Å². The van der Waals surface area contributed by atoms with Crippen molar-refractivity contribution in [3.05, 3.63) is 29.5 Å². The SMILES string of the molecule is CC(CO)NC(=O)NCc1coc(-c2cccs2)n1. The second kappa shape index (κ2) is 6.35. The lowest BCUT2D eigenvalue weighted by atomic mass is 10.4. The largest absolute Gasteiger partial charge is 0.443 e. The first-order valence-corrected chi connectivity index (χ1v) is 6.70. The van der Waals surface area contributed by atoms with Crippen LogP contribution in [0.1, 0.15) is 12.6 Å². The van der Waals surface area contributed by atoms with E-state index in [1.54, 1.807) is 18.3 Å². The number of thiophene rings is 1. The Morgan fingerprint density at radius 2 is 2.47 bits per heavy atom. The van der Waals surface area contributed by atoms with Gasteiger partial charge < -0.3 is 20.2 Å². The van der Waals surface area contributed by atoms with Crippen molar-refractivity contribution in [1.82, 2.24) is 15.6 Å². The average Bonchev–Trinajstić information content (AvgIpc) is 3.06. The Balaban J connectivity index is 1.85. The Morgan fingerprint density at radius 3 is 3.16 bits per heavy atom. The number of aliphatic hydroxyl groups excluding tert-OH is 1. The molecule has 2 amide bonds. The van der Waals surface area contributed by atoms with Crippen molar-refractivity contribution in [3.63, 3.8) is 0 Å². The van der Waals surface area contributed by atoms with E-state index in [9.17, 15) is 4.79 Å². The van der Waals surface area contributed by atoms with Crippen molar-refractivity contribution < 1.29 is 14.3 Å². The highest BCUT2D eigenvalue weighted by Gasteiger charge is 2.09. The number of carbonyl (C=O) groups excluding carboxylic acids is 1. The number of nitrogens with one attached hydrogen (secondary N) is 2. The summed E-state index contributed by atoms with van der Waals surface area (Å²) in [5, 5.41) is 16.0. The van der Waals surface area contributed by atoms with E-state index in [1.165, 1.54) is 6.26 Å². The van der Waals surface area contributed by atoms with Crippen LogP contribution in [0.25, 0.3) is 10.8 Å². The van der Waals surface area contributed by atoms with Gasteiger partial charge in [0.1, 0.15) is 6.26 Å². The predicted octanol–water partition coefficient (Wildman–Crippen LogP) is 1.58. The van der Waals surface area contributed by atoms with Gasteiger partial charge in [-0.1, -0.05) is 6.07 Å². The smallest absolute Gasteiger partial charge is 0.315 e. The van der Waals surface area contributed by atoms with Crippen LogP contribution in [0.4, 0.5) is 4.79 Å². The molecule has 0 saturated carbocycles.